The molecule has 5 nitrogen and oxygen atoms in total. The van der Waals surface area contributed by atoms with E-state index in [-0.39, 0.29) is 0 Å². The Bertz CT molecular complexity index is 314. The van der Waals surface area contributed by atoms with E-state index in [9.17, 15) is 0 Å². The molecule has 82 valence electrons. The summed E-state index contributed by atoms with van der Waals surface area (Å²) in [5.41, 5.74) is 5.34. The van der Waals surface area contributed by atoms with Gasteiger partial charge in [-0.15, -0.1) is 0 Å². The molecular formula is C10H16N4O. The molecule has 0 aromatic carbocycles. The molecule has 2 rings (SSSR count). The molecule has 5 heteroatoms. The zero-order valence-electron chi connectivity index (χ0n) is 8.65. The average Bonchev–Trinajstić information content (AvgIpc) is 3.08. The van der Waals surface area contributed by atoms with Gasteiger partial charge in [-0.25, -0.2) is 9.97 Å². The third kappa shape index (κ3) is 3.36. The first-order valence-corrected chi connectivity index (χ1v) is 5.27. The van der Waals surface area contributed by atoms with Crippen LogP contribution in [0.2, 0.25) is 0 Å². The number of anilines is 1. The highest BCUT2D eigenvalue weighted by atomic mass is 16.5. The maximum atomic E-state index is 5.34. The van der Waals surface area contributed by atoms with Crippen LogP contribution in [0.4, 0.5) is 5.82 Å². The number of nitrogens with zero attached hydrogens (tertiary/aromatic N) is 2. The zero-order valence-corrected chi connectivity index (χ0v) is 8.65. The maximum absolute atomic E-state index is 5.34. The second kappa shape index (κ2) is 4.93. The zero-order chi connectivity index (χ0) is 10.5. The first-order chi connectivity index (χ1) is 7.38. The molecule has 1 heterocycles. The summed E-state index contributed by atoms with van der Waals surface area (Å²) in [6.45, 7) is 1.97. The lowest BCUT2D eigenvalue weighted by Gasteiger charge is -2.06. The van der Waals surface area contributed by atoms with Crippen molar-refractivity contribution < 1.29 is 4.74 Å². The second-order valence-electron chi connectivity index (χ2n) is 3.70. The van der Waals surface area contributed by atoms with Gasteiger partial charge in [-0.05, 0) is 18.8 Å². The summed E-state index contributed by atoms with van der Waals surface area (Å²) in [7, 11) is 0. The van der Waals surface area contributed by atoms with Gasteiger partial charge in [0.05, 0.1) is 0 Å². The first kappa shape index (κ1) is 10.2. The van der Waals surface area contributed by atoms with Crippen molar-refractivity contribution in [2.24, 2.45) is 11.7 Å². The summed E-state index contributed by atoms with van der Waals surface area (Å²) in [4.78, 5) is 8.10. The molecule has 0 saturated heterocycles. The Balaban J connectivity index is 1.85. The fourth-order valence-corrected chi connectivity index (χ4v) is 1.25. The van der Waals surface area contributed by atoms with Gasteiger partial charge in [0.2, 0.25) is 5.88 Å². The van der Waals surface area contributed by atoms with Crippen molar-refractivity contribution in [3.63, 3.8) is 0 Å². The van der Waals surface area contributed by atoms with Crippen molar-refractivity contribution >= 4 is 5.82 Å². The van der Waals surface area contributed by atoms with Crippen molar-refractivity contribution in [2.75, 3.05) is 25.0 Å². The van der Waals surface area contributed by atoms with Crippen molar-refractivity contribution in [3.05, 3.63) is 12.4 Å². The maximum Gasteiger partial charge on any atom is 0.218 e. The highest BCUT2D eigenvalue weighted by Crippen LogP contribution is 2.28. The van der Waals surface area contributed by atoms with E-state index < -0.39 is 0 Å². The average molecular weight is 208 g/mol. The largest absolute Gasteiger partial charge is 0.476 e. The van der Waals surface area contributed by atoms with Crippen LogP contribution in [-0.4, -0.2) is 29.7 Å². The minimum Gasteiger partial charge on any atom is -0.476 e. The summed E-state index contributed by atoms with van der Waals surface area (Å²) in [6.07, 6.45) is 4.16. The highest BCUT2D eigenvalue weighted by molar-refractivity contribution is 5.37. The Labute approximate surface area is 89.1 Å². The quantitative estimate of drug-likeness (QED) is 0.717. The van der Waals surface area contributed by atoms with Gasteiger partial charge in [-0.2, -0.15) is 0 Å². The van der Waals surface area contributed by atoms with E-state index in [0.717, 1.165) is 18.3 Å². The Morgan fingerprint density at radius 3 is 3.07 bits per heavy atom. The summed E-state index contributed by atoms with van der Waals surface area (Å²) in [5, 5.41) is 3.26. The van der Waals surface area contributed by atoms with Crippen LogP contribution in [0.25, 0.3) is 0 Å². The fraction of sp³-hybridized carbons (Fsp3) is 0.600. The van der Waals surface area contributed by atoms with Crippen LogP contribution < -0.4 is 15.8 Å². The summed E-state index contributed by atoms with van der Waals surface area (Å²) >= 11 is 0. The van der Waals surface area contributed by atoms with E-state index >= 15 is 0 Å². The van der Waals surface area contributed by atoms with Crippen LogP contribution >= 0.6 is 0 Å². The van der Waals surface area contributed by atoms with Crippen LogP contribution in [-0.2, 0) is 0 Å². The van der Waals surface area contributed by atoms with Crippen molar-refractivity contribution in [1.82, 2.24) is 9.97 Å². The van der Waals surface area contributed by atoms with Gasteiger partial charge < -0.3 is 15.8 Å². The topological polar surface area (TPSA) is 73.1 Å². The molecule has 1 fully saturated rings. The van der Waals surface area contributed by atoms with Gasteiger partial charge in [0.15, 0.2) is 0 Å². The molecule has 1 aromatic heterocycles. The Morgan fingerprint density at radius 1 is 1.47 bits per heavy atom. The standard InChI is InChI=1S/C10H16N4O/c11-3-4-15-10-5-9(13-7-14-10)12-6-8-1-2-8/h5,7-8H,1-4,6,11H2,(H,12,13,14). The number of ether oxygens (including phenoxy) is 1. The molecule has 0 atom stereocenters. The molecule has 0 aliphatic heterocycles. The van der Waals surface area contributed by atoms with Gasteiger partial charge in [-0.1, -0.05) is 0 Å². The van der Waals surface area contributed by atoms with E-state index in [0.29, 0.717) is 19.0 Å². The van der Waals surface area contributed by atoms with Gasteiger partial charge >= 0.3 is 0 Å². The minimum atomic E-state index is 0.485. The molecule has 1 aliphatic carbocycles. The van der Waals surface area contributed by atoms with Gasteiger partial charge in [0, 0.05) is 19.2 Å². The van der Waals surface area contributed by atoms with E-state index in [1.165, 1.54) is 19.2 Å². The molecule has 0 radical (unpaired) electrons. The van der Waals surface area contributed by atoms with E-state index in [4.69, 9.17) is 10.5 Å². The SMILES string of the molecule is NCCOc1cc(NCC2CC2)ncn1. The normalized spacial score (nSPS) is 15.0. The first-order valence-electron chi connectivity index (χ1n) is 5.27. The second-order valence-corrected chi connectivity index (χ2v) is 3.70. The van der Waals surface area contributed by atoms with E-state index in [1.807, 2.05) is 0 Å². The minimum absolute atomic E-state index is 0.485. The highest BCUT2D eigenvalue weighted by Gasteiger charge is 2.20. The molecular weight excluding hydrogens is 192 g/mol. The predicted molar refractivity (Wildman–Crippen MR) is 57.8 cm³/mol. The van der Waals surface area contributed by atoms with Crippen LogP contribution in [0.3, 0.4) is 0 Å². The summed E-state index contributed by atoms with van der Waals surface area (Å²) in [6, 6.07) is 1.80. The van der Waals surface area contributed by atoms with Crippen LogP contribution in [0.5, 0.6) is 5.88 Å². The van der Waals surface area contributed by atoms with Crippen LogP contribution in [0, 0.1) is 5.92 Å². The monoisotopic (exact) mass is 208 g/mol. The van der Waals surface area contributed by atoms with Crippen molar-refractivity contribution in [2.45, 2.75) is 12.8 Å². The molecule has 0 amide bonds. The van der Waals surface area contributed by atoms with Crippen LogP contribution in [0.15, 0.2) is 12.4 Å². The lowest BCUT2D eigenvalue weighted by molar-refractivity contribution is 0.315. The van der Waals surface area contributed by atoms with Gasteiger partial charge in [0.25, 0.3) is 0 Å². The number of aromatic nitrogens is 2. The number of rotatable bonds is 6. The molecule has 1 saturated carbocycles. The van der Waals surface area contributed by atoms with Gasteiger partial charge in [-0.3, -0.25) is 0 Å². The Kier molecular flexibility index (Phi) is 3.34. The molecule has 0 unspecified atom stereocenters. The number of nitrogens with two attached hydrogens (primary N) is 1. The van der Waals surface area contributed by atoms with E-state index in [2.05, 4.69) is 15.3 Å². The van der Waals surface area contributed by atoms with Crippen molar-refractivity contribution in [3.8, 4) is 5.88 Å². The third-order valence-electron chi connectivity index (χ3n) is 2.28. The summed E-state index contributed by atoms with van der Waals surface area (Å²) < 4.78 is 5.30. The lowest BCUT2D eigenvalue weighted by Crippen LogP contribution is -2.12. The van der Waals surface area contributed by atoms with Crippen LogP contribution in [0.1, 0.15) is 12.8 Å². The predicted octanol–water partition coefficient (Wildman–Crippen LogP) is 0.636. The smallest absolute Gasteiger partial charge is 0.218 e. The molecule has 1 aliphatic rings. The van der Waals surface area contributed by atoms with E-state index in [1.54, 1.807) is 6.07 Å². The molecule has 1 aromatic rings. The van der Waals surface area contributed by atoms with Crippen molar-refractivity contribution in [1.29, 1.82) is 0 Å². The fourth-order valence-electron chi connectivity index (χ4n) is 1.25. The molecule has 3 N–H and O–H groups in total. The van der Waals surface area contributed by atoms with Gasteiger partial charge in [0.1, 0.15) is 18.8 Å². The molecule has 0 bridgehead atoms. The Hall–Kier alpha value is -1.36. The molecule has 0 spiro atoms. The Morgan fingerprint density at radius 2 is 2.33 bits per heavy atom. The molecule has 15 heavy (non-hydrogen) atoms. The number of hydrogen-bond acceptors (Lipinski definition) is 5. The number of nitrogens with one attached hydrogen (secondary N) is 1. The third-order valence-corrected chi connectivity index (χ3v) is 2.28. The number of hydrogen-bond donors (Lipinski definition) is 2. The summed E-state index contributed by atoms with van der Waals surface area (Å²) in [5.74, 6) is 2.23. The lowest BCUT2D eigenvalue weighted by atomic mass is 10.4.